The fraction of sp³-hybridized carbons (Fsp3) is 0.250. The molecule has 4 nitrogen and oxygen atoms in total. The molecule has 0 fully saturated rings. The van der Waals surface area contributed by atoms with E-state index in [0.717, 1.165) is 12.1 Å². The number of para-hydroxylation sites is 1. The molecule has 0 saturated heterocycles. The summed E-state index contributed by atoms with van der Waals surface area (Å²) < 4.78 is 0. The van der Waals surface area contributed by atoms with E-state index in [1.54, 1.807) is 17.4 Å². The Labute approximate surface area is 127 Å². The smallest absolute Gasteiger partial charge is 0.258 e. The number of nitrogens with zero attached hydrogens (tertiary/aromatic N) is 2. The number of hydrogen-bond acceptors (Lipinski definition) is 4. The molecule has 0 aliphatic rings. The number of thiophene rings is 1. The van der Waals surface area contributed by atoms with Crippen molar-refractivity contribution in [3.05, 3.63) is 62.8 Å². The molecule has 2 heterocycles. The number of H-pyrrole nitrogens is 1. The van der Waals surface area contributed by atoms with Crippen molar-refractivity contribution in [1.82, 2.24) is 14.9 Å². The zero-order chi connectivity index (χ0) is 14.8. The molecule has 3 rings (SSSR count). The fourth-order valence-corrected chi connectivity index (χ4v) is 3.06. The highest BCUT2D eigenvalue weighted by molar-refractivity contribution is 7.09. The van der Waals surface area contributed by atoms with Gasteiger partial charge >= 0.3 is 0 Å². The summed E-state index contributed by atoms with van der Waals surface area (Å²) in [6.45, 7) is 2.90. The number of aromatic amines is 1. The lowest BCUT2D eigenvalue weighted by Crippen LogP contribution is -2.25. The van der Waals surface area contributed by atoms with E-state index in [4.69, 9.17) is 0 Å². The molecule has 0 saturated carbocycles. The summed E-state index contributed by atoms with van der Waals surface area (Å²) in [5.74, 6) is 0.706. The maximum Gasteiger partial charge on any atom is 0.258 e. The van der Waals surface area contributed by atoms with Gasteiger partial charge in [0.15, 0.2) is 0 Å². The van der Waals surface area contributed by atoms with Crippen molar-refractivity contribution < 1.29 is 0 Å². The molecule has 5 heteroatoms. The molecule has 1 atom stereocenters. The van der Waals surface area contributed by atoms with Crippen molar-refractivity contribution in [2.75, 3.05) is 7.05 Å². The number of fused-ring (bicyclic) bond motifs is 1. The summed E-state index contributed by atoms with van der Waals surface area (Å²) in [7, 11) is 2.04. The number of benzene rings is 1. The molecule has 0 aliphatic heterocycles. The molecular formula is C16H17N3OS. The van der Waals surface area contributed by atoms with Gasteiger partial charge in [0.1, 0.15) is 5.82 Å². The van der Waals surface area contributed by atoms with Crippen LogP contribution in [0.15, 0.2) is 46.6 Å². The maximum absolute atomic E-state index is 12.1. The van der Waals surface area contributed by atoms with Crippen LogP contribution < -0.4 is 5.56 Å². The van der Waals surface area contributed by atoms with Crippen LogP contribution in [-0.2, 0) is 6.54 Å². The van der Waals surface area contributed by atoms with Crippen molar-refractivity contribution >= 4 is 22.2 Å². The Morgan fingerprint density at radius 1 is 1.29 bits per heavy atom. The Bertz CT molecular complexity index is 795. The molecule has 2 aromatic heterocycles. The predicted octanol–water partition coefficient (Wildman–Crippen LogP) is 3.18. The van der Waals surface area contributed by atoms with Crippen LogP contribution in [0.1, 0.15) is 23.7 Å². The lowest BCUT2D eigenvalue weighted by atomic mass is 10.2. The molecule has 1 N–H and O–H groups in total. The maximum atomic E-state index is 12.1. The molecular weight excluding hydrogens is 282 g/mol. The van der Waals surface area contributed by atoms with E-state index in [-0.39, 0.29) is 11.6 Å². The van der Waals surface area contributed by atoms with E-state index < -0.39 is 0 Å². The van der Waals surface area contributed by atoms with E-state index in [0.29, 0.717) is 11.2 Å². The molecule has 108 valence electrons. The molecule has 0 aliphatic carbocycles. The SMILES string of the molecule is CC(c1nc2ccccc2c(=O)[nH]1)N(C)Cc1cccs1. The number of hydrogen-bond donors (Lipinski definition) is 1. The second-order valence-corrected chi connectivity index (χ2v) is 6.17. The fourth-order valence-electron chi connectivity index (χ4n) is 2.30. The minimum Gasteiger partial charge on any atom is -0.309 e. The zero-order valence-corrected chi connectivity index (χ0v) is 12.9. The molecule has 1 unspecified atom stereocenters. The van der Waals surface area contributed by atoms with Gasteiger partial charge in [-0.15, -0.1) is 11.3 Å². The van der Waals surface area contributed by atoms with Crippen molar-refractivity contribution in [2.24, 2.45) is 0 Å². The minimum absolute atomic E-state index is 0.0457. The molecule has 21 heavy (non-hydrogen) atoms. The standard InChI is InChI=1S/C16H17N3OS/c1-11(19(2)10-12-6-5-9-21-12)15-17-14-8-4-3-7-13(14)16(20)18-15/h3-9,11H,10H2,1-2H3,(H,17,18,20). The summed E-state index contributed by atoms with van der Waals surface area (Å²) in [4.78, 5) is 23.1. The first-order chi connectivity index (χ1) is 10.1. The molecule has 3 aromatic rings. The van der Waals surface area contributed by atoms with Gasteiger partial charge in [-0.25, -0.2) is 4.98 Å². The average molecular weight is 299 g/mol. The van der Waals surface area contributed by atoms with Crippen molar-refractivity contribution in [3.8, 4) is 0 Å². The van der Waals surface area contributed by atoms with Crippen LogP contribution in [0, 0.1) is 0 Å². The Morgan fingerprint density at radius 2 is 2.10 bits per heavy atom. The largest absolute Gasteiger partial charge is 0.309 e. The van der Waals surface area contributed by atoms with Crippen molar-refractivity contribution in [1.29, 1.82) is 0 Å². The van der Waals surface area contributed by atoms with Gasteiger partial charge in [0, 0.05) is 11.4 Å². The number of aromatic nitrogens is 2. The first-order valence-electron chi connectivity index (χ1n) is 6.87. The Hall–Kier alpha value is -1.98. The second kappa shape index (κ2) is 5.79. The third-order valence-corrected chi connectivity index (χ3v) is 4.53. The van der Waals surface area contributed by atoms with Gasteiger partial charge in [-0.3, -0.25) is 9.69 Å². The highest BCUT2D eigenvalue weighted by Crippen LogP contribution is 2.20. The lowest BCUT2D eigenvalue weighted by molar-refractivity contribution is 0.246. The van der Waals surface area contributed by atoms with Crippen LogP contribution in [-0.4, -0.2) is 21.9 Å². The highest BCUT2D eigenvalue weighted by atomic mass is 32.1. The van der Waals surface area contributed by atoms with Crippen LogP contribution in [0.25, 0.3) is 10.9 Å². The van der Waals surface area contributed by atoms with Gasteiger partial charge in [-0.05, 0) is 37.6 Å². The first-order valence-corrected chi connectivity index (χ1v) is 7.74. The van der Waals surface area contributed by atoms with Gasteiger partial charge < -0.3 is 4.98 Å². The lowest BCUT2D eigenvalue weighted by Gasteiger charge is -2.23. The summed E-state index contributed by atoms with van der Waals surface area (Å²) in [6.07, 6.45) is 0. The number of rotatable bonds is 4. The van der Waals surface area contributed by atoms with Crippen LogP contribution in [0.3, 0.4) is 0 Å². The molecule has 0 radical (unpaired) electrons. The zero-order valence-electron chi connectivity index (χ0n) is 12.0. The summed E-state index contributed by atoms with van der Waals surface area (Å²) in [5.41, 5.74) is 0.666. The second-order valence-electron chi connectivity index (χ2n) is 5.14. The monoisotopic (exact) mass is 299 g/mol. The highest BCUT2D eigenvalue weighted by Gasteiger charge is 2.16. The van der Waals surface area contributed by atoms with Crippen molar-refractivity contribution in [2.45, 2.75) is 19.5 Å². The van der Waals surface area contributed by atoms with Gasteiger partial charge in [-0.1, -0.05) is 18.2 Å². The normalized spacial score (nSPS) is 12.9. The van der Waals surface area contributed by atoms with Crippen LogP contribution in [0.5, 0.6) is 0 Å². The Morgan fingerprint density at radius 3 is 2.86 bits per heavy atom. The predicted molar refractivity (Wildman–Crippen MR) is 86.6 cm³/mol. The van der Waals surface area contributed by atoms with Crippen LogP contribution in [0.4, 0.5) is 0 Å². The first kappa shape index (κ1) is 14.0. The molecule has 1 aromatic carbocycles. The Kier molecular flexibility index (Phi) is 3.86. The van der Waals surface area contributed by atoms with E-state index in [2.05, 4.69) is 39.3 Å². The van der Waals surface area contributed by atoms with E-state index in [9.17, 15) is 4.79 Å². The van der Waals surface area contributed by atoms with Gasteiger partial charge in [-0.2, -0.15) is 0 Å². The quantitative estimate of drug-likeness (QED) is 0.805. The van der Waals surface area contributed by atoms with Crippen molar-refractivity contribution in [3.63, 3.8) is 0 Å². The summed E-state index contributed by atoms with van der Waals surface area (Å²) in [5, 5.41) is 2.71. The third kappa shape index (κ3) is 2.89. The van der Waals surface area contributed by atoms with E-state index >= 15 is 0 Å². The number of nitrogens with one attached hydrogen (secondary N) is 1. The molecule has 0 amide bonds. The van der Waals surface area contributed by atoms with E-state index in [1.165, 1.54) is 4.88 Å². The average Bonchev–Trinajstić information content (AvgIpc) is 2.99. The minimum atomic E-state index is -0.0769. The summed E-state index contributed by atoms with van der Waals surface area (Å²) >= 11 is 1.74. The van der Waals surface area contributed by atoms with Crippen LogP contribution in [0.2, 0.25) is 0 Å². The van der Waals surface area contributed by atoms with Gasteiger partial charge in [0.05, 0.1) is 16.9 Å². The van der Waals surface area contributed by atoms with E-state index in [1.807, 2.05) is 25.2 Å². The summed E-state index contributed by atoms with van der Waals surface area (Å²) in [6, 6.07) is 11.6. The topological polar surface area (TPSA) is 49.0 Å². The Balaban J connectivity index is 1.90. The van der Waals surface area contributed by atoms with Gasteiger partial charge in [0.25, 0.3) is 5.56 Å². The molecule has 0 bridgehead atoms. The molecule has 0 spiro atoms. The van der Waals surface area contributed by atoms with Gasteiger partial charge in [0.2, 0.25) is 0 Å². The van der Waals surface area contributed by atoms with Crippen LogP contribution >= 0.6 is 11.3 Å². The third-order valence-electron chi connectivity index (χ3n) is 3.67.